The van der Waals surface area contributed by atoms with Crippen LogP contribution in [0.25, 0.3) is 0 Å². The number of esters is 1. The highest BCUT2D eigenvalue weighted by Gasteiger charge is 2.49. The minimum Gasteiger partial charge on any atom is -0.440 e. The minimum atomic E-state index is -4.27. The summed E-state index contributed by atoms with van der Waals surface area (Å²) in [6, 6.07) is 22.9. The number of sulfone groups is 1. The molecule has 3 rings (SSSR count). The Morgan fingerprint density at radius 1 is 0.955 bits per heavy atom. The summed E-state index contributed by atoms with van der Waals surface area (Å²) in [5.41, 5.74) is 0.0554. The molecule has 2 atom stereocenters. The van der Waals surface area contributed by atoms with Crippen molar-refractivity contribution in [2.75, 3.05) is 18.6 Å². The van der Waals surface area contributed by atoms with Gasteiger partial charge in [-0.3, -0.25) is 4.79 Å². The van der Waals surface area contributed by atoms with Crippen molar-refractivity contribution in [2.45, 2.75) is 62.5 Å². The number of nitrogens with zero attached hydrogens (tertiary/aromatic N) is 1. The van der Waals surface area contributed by atoms with Gasteiger partial charge in [-0.1, -0.05) is 98.0 Å². The molecule has 7 nitrogen and oxygen atoms in total. The summed E-state index contributed by atoms with van der Waals surface area (Å²) in [4.78, 5) is 13.6. The Hall–Kier alpha value is -3.71. The third-order valence-corrected chi connectivity index (χ3v) is 10.0. The van der Waals surface area contributed by atoms with Crippen molar-refractivity contribution < 1.29 is 26.4 Å². The van der Waals surface area contributed by atoms with Crippen LogP contribution in [0, 0.1) is 18.8 Å². The molecule has 3 aromatic rings. The van der Waals surface area contributed by atoms with Crippen LogP contribution >= 0.6 is 0 Å². The van der Waals surface area contributed by atoms with Crippen LogP contribution in [0.1, 0.15) is 55.7 Å². The molecule has 0 heterocycles. The zero-order valence-corrected chi connectivity index (χ0v) is 27.2. The Balaban J connectivity index is 2.38. The molecule has 0 radical (unpaired) electrons. The number of carbonyl (C=O) groups excluding carboxylic acids is 1. The van der Waals surface area contributed by atoms with E-state index in [1.54, 1.807) is 54.6 Å². The molecule has 1 unspecified atom stereocenters. The van der Waals surface area contributed by atoms with Gasteiger partial charge in [0.2, 0.25) is 15.6 Å². The SMILES string of the molecule is C=CCN([C@@H](CCS(C)(=O)=O)C(C#Cc1ccccc1)(OC(=O)CCCCC)c1ccccc1)S(=O)(=O)c1ccc(C)cc1. The summed E-state index contributed by atoms with van der Waals surface area (Å²) in [5, 5.41) is 0. The maximum atomic E-state index is 14.4. The minimum absolute atomic E-state index is 0.0153. The van der Waals surface area contributed by atoms with E-state index >= 15 is 0 Å². The first kappa shape index (κ1) is 34.8. The summed E-state index contributed by atoms with van der Waals surface area (Å²) < 4.78 is 61.5. The molecule has 0 bridgehead atoms. The van der Waals surface area contributed by atoms with E-state index in [1.807, 2.05) is 32.0 Å². The highest BCUT2D eigenvalue weighted by atomic mass is 32.2. The second-order valence-corrected chi connectivity index (χ2v) is 14.9. The lowest BCUT2D eigenvalue weighted by Crippen LogP contribution is -2.55. The average molecular weight is 636 g/mol. The smallest absolute Gasteiger partial charge is 0.307 e. The molecule has 0 N–H and O–H groups in total. The number of hydrogen-bond donors (Lipinski definition) is 0. The fraction of sp³-hybridized carbons (Fsp3) is 0.343. The van der Waals surface area contributed by atoms with Crippen LogP contribution in [0.15, 0.2) is 102 Å². The fourth-order valence-corrected chi connectivity index (χ4v) is 7.16. The molecular formula is C35H41NO6S2. The molecule has 0 aromatic heterocycles. The van der Waals surface area contributed by atoms with E-state index in [4.69, 9.17) is 4.74 Å². The lowest BCUT2D eigenvalue weighted by atomic mass is 9.84. The molecule has 234 valence electrons. The Kier molecular flexibility index (Phi) is 12.5. The number of rotatable bonds is 15. The van der Waals surface area contributed by atoms with E-state index in [1.165, 1.54) is 22.5 Å². The quantitative estimate of drug-likeness (QED) is 0.0874. The van der Waals surface area contributed by atoms with Crippen molar-refractivity contribution in [1.29, 1.82) is 0 Å². The molecule has 0 amide bonds. The Labute approximate surface area is 262 Å². The van der Waals surface area contributed by atoms with Crippen LogP contribution in [0.5, 0.6) is 0 Å². The summed E-state index contributed by atoms with van der Waals surface area (Å²) in [6.45, 7) is 7.50. The Morgan fingerprint density at radius 3 is 2.14 bits per heavy atom. The number of benzene rings is 3. The monoisotopic (exact) mass is 635 g/mol. The van der Waals surface area contributed by atoms with Crippen LogP contribution < -0.4 is 0 Å². The topological polar surface area (TPSA) is 97.8 Å². The predicted octanol–water partition coefficient (Wildman–Crippen LogP) is 6.05. The lowest BCUT2D eigenvalue weighted by molar-refractivity contribution is -0.160. The summed E-state index contributed by atoms with van der Waals surface area (Å²) in [7, 11) is -7.84. The number of unbranched alkanes of at least 4 members (excludes halogenated alkanes) is 2. The Bertz CT molecular complexity index is 1660. The summed E-state index contributed by atoms with van der Waals surface area (Å²) in [6.07, 6.45) is 4.71. The molecule has 9 heteroatoms. The molecule has 0 saturated heterocycles. The first-order valence-electron chi connectivity index (χ1n) is 14.7. The zero-order chi connectivity index (χ0) is 32.2. The van der Waals surface area contributed by atoms with Crippen LogP contribution in [0.3, 0.4) is 0 Å². The molecule has 3 aromatic carbocycles. The van der Waals surface area contributed by atoms with E-state index in [0.717, 1.165) is 24.7 Å². The van der Waals surface area contributed by atoms with Crippen molar-refractivity contribution in [2.24, 2.45) is 0 Å². The molecule has 0 spiro atoms. The number of aryl methyl sites for hydroxylation is 1. The van der Waals surface area contributed by atoms with Gasteiger partial charge in [-0.2, -0.15) is 4.31 Å². The fourth-order valence-electron chi connectivity index (χ4n) is 4.86. The van der Waals surface area contributed by atoms with Crippen LogP contribution in [0.4, 0.5) is 0 Å². The van der Waals surface area contributed by atoms with Gasteiger partial charge in [0, 0.05) is 30.3 Å². The van der Waals surface area contributed by atoms with Crippen LogP contribution in [-0.4, -0.2) is 51.7 Å². The Morgan fingerprint density at radius 2 is 1.57 bits per heavy atom. The second-order valence-electron chi connectivity index (χ2n) is 10.8. The van der Waals surface area contributed by atoms with Gasteiger partial charge in [-0.05, 0) is 50.0 Å². The van der Waals surface area contributed by atoms with Gasteiger partial charge in [-0.15, -0.1) is 6.58 Å². The number of carbonyl (C=O) groups is 1. The zero-order valence-electron chi connectivity index (χ0n) is 25.6. The maximum Gasteiger partial charge on any atom is 0.307 e. The highest BCUT2D eigenvalue weighted by Crippen LogP contribution is 2.38. The molecule has 44 heavy (non-hydrogen) atoms. The van der Waals surface area contributed by atoms with Gasteiger partial charge >= 0.3 is 5.97 Å². The van der Waals surface area contributed by atoms with E-state index < -0.39 is 37.5 Å². The van der Waals surface area contributed by atoms with Crippen molar-refractivity contribution >= 4 is 25.8 Å². The first-order chi connectivity index (χ1) is 20.9. The van der Waals surface area contributed by atoms with Crippen molar-refractivity contribution in [3.63, 3.8) is 0 Å². The van der Waals surface area contributed by atoms with E-state index in [-0.39, 0.29) is 30.0 Å². The number of sulfonamides is 1. The standard InChI is InChI=1S/C35H41NO6S2/c1-5-7-10-19-34(37)42-35(31-17-13-9-14-18-31,26-24-30-15-11-8-12-16-30)33(25-28-43(4,38)39)36(27-6-2)44(40,41)32-22-20-29(3)21-23-32/h6,8-9,11-18,20-23,33H,2,5,7,10,19,25,27-28H2,1,3-4H3/t33-,35?/m0/s1. The van der Waals surface area contributed by atoms with Gasteiger partial charge in [0.1, 0.15) is 9.84 Å². The molecule has 0 aliphatic rings. The van der Waals surface area contributed by atoms with Crippen molar-refractivity contribution in [3.8, 4) is 11.8 Å². The number of hydrogen-bond acceptors (Lipinski definition) is 6. The maximum absolute atomic E-state index is 14.4. The van der Waals surface area contributed by atoms with E-state index in [9.17, 15) is 21.6 Å². The number of ether oxygens (including phenoxy) is 1. The highest BCUT2D eigenvalue weighted by molar-refractivity contribution is 7.90. The van der Waals surface area contributed by atoms with Gasteiger partial charge in [0.25, 0.3) is 0 Å². The predicted molar refractivity (Wildman–Crippen MR) is 175 cm³/mol. The summed E-state index contributed by atoms with van der Waals surface area (Å²) >= 11 is 0. The second kappa shape index (κ2) is 15.8. The third kappa shape index (κ3) is 9.39. The largest absolute Gasteiger partial charge is 0.440 e. The average Bonchev–Trinajstić information content (AvgIpc) is 3.00. The van der Waals surface area contributed by atoms with Crippen molar-refractivity contribution in [3.05, 3.63) is 114 Å². The van der Waals surface area contributed by atoms with Crippen LogP contribution in [0.2, 0.25) is 0 Å². The van der Waals surface area contributed by atoms with Crippen molar-refractivity contribution in [1.82, 2.24) is 4.31 Å². The van der Waals surface area contributed by atoms with Gasteiger partial charge in [0.05, 0.1) is 16.7 Å². The summed E-state index contributed by atoms with van der Waals surface area (Å²) in [5.74, 6) is 5.35. The third-order valence-electron chi connectivity index (χ3n) is 7.14. The van der Waals surface area contributed by atoms with E-state index in [0.29, 0.717) is 17.5 Å². The molecule has 0 fully saturated rings. The lowest BCUT2D eigenvalue weighted by Gasteiger charge is -2.42. The van der Waals surface area contributed by atoms with Gasteiger partial charge in [-0.25, -0.2) is 16.8 Å². The van der Waals surface area contributed by atoms with Gasteiger partial charge in [0.15, 0.2) is 0 Å². The van der Waals surface area contributed by atoms with Crippen LogP contribution in [-0.2, 0) is 35.0 Å². The molecule has 0 aliphatic carbocycles. The van der Waals surface area contributed by atoms with Gasteiger partial charge < -0.3 is 4.74 Å². The normalized spacial score (nSPS) is 13.7. The first-order valence-corrected chi connectivity index (χ1v) is 18.2. The molecule has 0 saturated carbocycles. The molecule has 0 aliphatic heterocycles. The van der Waals surface area contributed by atoms with E-state index in [2.05, 4.69) is 18.4 Å². The molecular weight excluding hydrogens is 595 g/mol.